The smallest absolute Gasteiger partial charge is 0.342 e. The summed E-state index contributed by atoms with van der Waals surface area (Å²) in [7, 11) is 0. The number of ether oxygens (including phenoxy) is 1. The first kappa shape index (κ1) is 13.4. The SMILES string of the molecule is CCOC(=O)c1cnn(C2CCC(O)CC2)c1Cl. The summed E-state index contributed by atoms with van der Waals surface area (Å²) < 4.78 is 6.58. The van der Waals surface area contributed by atoms with Crippen LogP contribution in [-0.4, -0.2) is 33.6 Å². The van der Waals surface area contributed by atoms with E-state index in [1.54, 1.807) is 11.6 Å². The summed E-state index contributed by atoms with van der Waals surface area (Å²) >= 11 is 6.16. The molecule has 18 heavy (non-hydrogen) atoms. The van der Waals surface area contributed by atoms with Crippen molar-refractivity contribution in [2.45, 2.75) is 44.8 Å². The minimum Gasteiger partial charge on any atom is -0.462 e. The molecule has 2 rings (SSSR count). The van der Waals surface area contributed by atoms with Gasteiger partial charge in [-0.05, 0) is 32.6 Å². The highest BCUT2D eigenvalue weighted by atomic mass is 35.5. The summed E-state index contributed by atoms with van der Waals surface area (Å²) in [6, 6.07) is 0.157. The molecule has 0 bridgehead atoms. The van der Waals surface area contributed by atoms with Crippen molar-refractivity contribution in [2.24, 2.45) is 0 Å². The summed E-state index contributed by atoms with van der Waals surface area (Å²) in [6.07, 6.45) is 4.37. The molecule has 0 spiro atoms. The van der Waals surface area contributed by atoms with E-state index >= 15 is 0 Å². The number of hydrogen-bond acceptors (Lipinski definition) is 4. The second-order valence-electron chi connectivity index (χ2n) is 4.48. The maximum atomic E-state index is 11.6. The standard InChI is InChI=1S/C12H17ClN2O3/c1-2-18-12(17)10-7-14-15(11(10)13)8-3-5-9(16)6-4-8/h7-9,16H,2-6H2,1H3. The Labute approximate surface area is 111 Å². The van der Waals surface area contributed by atoms with Crippen LogP contribution in [0.3, 0.4) is 0 Å². The molecule has 0 aromatic carbocycles. The van der Waals surface area contributed by atoms with Crippen LogP contribution < -0.4 is 0 Å². The van der Waals surface area contributed by atoms with Gasteiger partial charge in [0.25, 0.3) is 0 Å². The van der Waals surface area contributed by atoms with Crippen molar-refractivity contribution in [3.8, 4) is 0 Å². The summed E-state index contributed by atoms with van der Waals surface area (Å²) in [4.78, 5) is 11.6. The average molecular weight is 273 g/mol. The molecule has 1 fully saturated rings. The lowest BCUT2D eigenvalue weighted by molar-refractivity contribution is 0.0526. The van der Waals surface area contributed by atoms with Crippen LogP contribution in [0, 0.1) is 0 Å². The van der Waals surface area contributed by atoms with Gasteiger partial charge in [0.15, 0.2) is 0 Å². The molecule has 1 aliphatic rings. The van der Waals surface area contributed by atoms with Gasteiger partial charge >= 0.3 is 5.97 Å². The number of carbonyl (C=O) groups is 1. The third-order valence-electron chi connectivity index (χ3n) is 3.24. The fourth-order valence-corrected chi connectivity index (χ4v) is 2.56. The molecule has 0 saturated heterocycles. The maximum Gasteiger partial charge on any atom is 0.342 e. The Hall–Kier alpha value is -1.07. The van der Waals surface area contributed by atoms with E-state index in [2.05, 4.69) is 5.10 Å². The lowest BCUT2D eigenvalue weighted by Crippen LogP contribution is -2.22. The number of carbonyl (C=O) groups excluding carboxylic acids is 1. The van der Waals surface area contributed by atoms with Crippen molar-refractivity contribution in [3.63, 3.8) is 0 Å². The number of rotatable bonds is 3. The number of aliphatic hydroxyl groups excluding tert-OH is 1. The molecule has 1 aromatic rings. The van der Waals surface area contributed by atoms with Crippen molar-refractivity contribution < 1.29 is 14.6 Å². The van der Waals surface area contributed by atoms with E-state index in [0.29, 0.717) is 17.3 Å². The van der Waals surface area contributed by atoms with E-state index in [1.807, 2.05) is 0 Å². The summed E-state index contributed by atoms with van der Waals surface area (Å²) in [5, 5.41) is 14.0. The molecule has 0 radical (unpaired) electrons. The topological polar surface area (TPSA) is 64.3 Å². The van der Waals surface area contributed by atoms with E-state index in [1.165, 1.54) is 6.20 Å². The van der Waals surface area contributed by atoms with E-state index < -0.39 is 5.97 Å². The summed E-state index contributed by atoms with van der Waals surface area (Å²) in [5.41, 5.74) is 0.310. The molecule has 0 aliphatic heterocycles. The second kappa shape index (κ2) is 5.71. The second-order valence-corrected chi connectivity index (χ2v) is 4.83. The van der Waals surface area contributed by atoms with Crippen molar-refractivity contribution in [1.82, 2.24) is 9.78 Å². The highest BCUT2D eigenvalue weighted by molar-refractivity contribution is 6.32. The van der Waals surface area contributed by atoms with E-state index in [9.17, 15) is 9.90 Å². The lowest BCUT2D eigenvalue weighted by atomic mass is 9.93. The van der Waals surface area contributed by atoms with Crippen LogP contribution in [0.2, 0.25) is 5.15 Å². The Kier molecular flexibility index (Phi) is 4.24. The highest BCUT2D eigenvalue weighted by Gasteiger charge is 2.25. The van der Waals surface area contributed by atoms with Crippen LogP contribution in [0.25, 0.3) is 0 Å². The van der Waals surface area contributed by atoms with Crippen molar-refractivity contribution in [3.05, 3.63) is 16.9 Å². The summed E-state index contributed by atoms with van der Waals surface area (Å²) in [5.74, 6) is -0.440. The van der Waals surface area contributed by atoms with Crippen LogP contribution in [0.4, 0.5) is 0 Å². The first-order valence-electron chi connectivity index (χ1n) is 6.21. The van der Waals surface area contributed by atoms with Crippen molar-refractivity contribution in [1.29, 1.82) is 0 Å². The number of aliphatic hydroxyl groups is 1. The molecule has 0 unspecified atom stereocenters. The predicted octanol–water partition coefficient (Wildman–Crippen LogP) is 2.19. The minimum absolute atomic E-state index is 0.157. The third kappa shape index (κ3) is 2.67. The van der Waals surface area contributed by atoms with Crippen LogP contribution in [0.15, 0.2) is 6.20 Å². The van der Waals surface area contributed by atoms with Crippen LogP contribution in [-0.2, 0) is 4.74 Å². The Morgan fingerprint density at radius 3 is 2.83 bits per heavy atom. The Morgan fingerprint density at radius 1 is 1.56 bits per heavy atom. The Bertz CT molecular complexity index is 425. The molecule has 1 N–H and O–H groups in total. The first-order valence-corrected chi connectivity index (χ1v) is 6.59. The number of hydrogen-bond donors (Lipinski definition) is 1. The van der Waals surface area contributed by atoms with Gasteiger partial charge in [-0.15, -0.1) is 0 Å². The lowest BCUT2D eigenvalue weighted by Gasteiger charge is -2.26. The molecule has 100 valence electrons. The fraction of sp³-hybridized carbons (Fsp3) is 0.667. The van der Waals surface area contributed by atoms with Gasteiger partial charge in [-0.1, -0.05) is 11.6 Å². The molecule has 1 heterocycles. The van der Waals surface area contributed by atoms with Gasteiger partial charge in [0, 0.05) is 0 Å². The van der Waals surface area contributed by atoms with Crippen LogP contribution in [0.5, 0.6) is 0 Å². The van der Waals surface area contributed by atoms with Crippen molar-refractivity contribution >= 4 is 17.6 Å². The molecule has 1 saturated carbocycles. The molecular weight excluding hydrogens is 256 g/mol. The highest BCUT2D eigenvalue weighted by Crippen LogP contribution is 2.31. The molecule has 1 aliphatic carbocycles. The number of nitrogens with zero attached hydrogens (tertiary/aromatic N) is 2. The van der Waals surface area contributed by atoms with E-state index in [0.717, 1.165) is 25.7 Å². The molecule has 1 aromatic heterocycles. The zero-order chi connectivity index (χ0) is 13.1. The van der Waals surface area contributed by atoms with E-state index in [-0.39, 0.29) is 12.1 Å². The van der Waals surface area contributed by atoms with Gasteiger partial charge in [-0.2, -0.15) is 5.10 Å². The van der Waals surface area contributed by atoms with Gasteiger partial charge in [-0.3, -0.25) is 4.68 Å². The third-order valence-corrected chi connectivity index (χ3v) is 3.62. The monoisotopic (exact) mass is 272 g/mol. The maximum absolute atomic E-state index is 11.6. The first-order chi connectivity index (χ1) is 8.63. The average Bonchev–Trinajstić information content (AvgIpc) is 2.73. The van der Waals surface area contributed by atoms with Crippen LogP contribution >= 0.6 is 11.6 Å². The van der Waals surface area contributed by atoms with Gasteiger partial charge in [0.1, 0.15) is 10.7 Å². The molecule has 0 amide bonds. The Balaban J connectivity index is 2.13. The normalized spacial score (nSPS) is 23.9. The number of esters is 1. The number of aromatic nitrogens is 2. The molecule has 6 heteroatoms. The predicted molar refractivity (Wildman–Crippen MR) is 66.7 cm³/mol. The zero-order valence-corrected chi connectivity index (χ0v) is 11.1. The van der Waals surface area contributed by atoms with Gasteiger partial charge < -0.3 is 9.84 Å². The Morgan fingerprint density at radius 2 is 2.22 bits per heavy atom. The van der Waals surface area contributed by atoms with Gasteiger partial charge in [0.2, 0.25) is 0 Å². The van der Waals surface area contributed by atoms with Crippen molar-refractivity contribution in [2.75, 3.05) is 6.61 Å². The summed E-state index contributed by atoms with van der Waals surface area (Å²) in [6.45, 7) is 2.06. The fourth-order valence-electron chi connectivity index (χ4n) is 2.25. The van der Waals surface area contributed by atoms with Gasteiger partial charge in [0.05, 0.1) is 24.9 Å². The molecular formula is C12H17ClN2O3. The minimum atomic E-state index is -0.440. The largest absolute Gasteiger partial charge is 0.462 e. The number of halogens is 1. The zero-order valence-electron chi connectivity index (χ0n) is 10.3. The molecule has 5 nitrogen and oxygen atoms in total. The van der Waals surface area contributed by atoms with Gasteiger partial charge in [-0.25, -0.2) is 4.79 Å². The molecule has 0 atom stereocenters. The quantitative estimate of drug-likeness (QED) is 0.857. The van der Waals surface area contributed by atoms with E-state index in [4.69, 9.17) is 16.3 Å². The van der Waals surface area contributed by atoms with Crippen LogP contribution in [0.1, 0.15) is 49.0 Å².